The Labute approximate surface area is 357 Å². The van der Waals surface area contributed by atoms with E-state index in [1.54, 1.807) is 0 Å². The third kappa shape index (κ3) is 27.7. The molecule has 0 heterocycles. The predicted molar refractivity (Wildman–Crippen MR) is 234 cm³/mol. The lowest BCUT2D eigenvalue weighted by atomic mass is 9.85. The van der Waals surface area contributed by atoms with Gasteiger partial charge < -0.3 is 46.0 Å². The smallest absolute Gasteiger partial charge is 0.393 e. The van der Waals surface area contributed by atoms with E-state index in [9.17, 15) is 50.0 Å². The van der Waals surface area contributed by atoms with E-state index in [0.717, 1.165) is 57.8 Å². The molecule has 8 unspecified atom stereocenters. The fourth-order valence-electron chi connectivity index (χ4n) is 7.71. The molecule has 0 spiro atoms. The lowest BCUT2D eigenvalue weighted by Crippen LogP contribution is -2.64. The van der Waals surface area contributed by atoms with Crippen LogP contribution in [0.2, 0.25) is 0 Å². The molecule has 13 nitrogen and oxygen atoms in total. The molecule has 0 saturated heterocycles. The van der Waals surface area contributed by atoms with Crippen molar-refractivity contribution in [1.29, 1.82) is 0 Å². The molecule has 8 atom stereocenters. The van der Waals surface area contributed by atoms with Gasteiger partial charge in [-0.15, -0.1) is 0 Å². The number of phosphoric ester groups is 1. The highest BCUT2D eigenvalue weighted by Gasteiger charge is 2.51. The van der Waals surface area contributed by atoms with Gasteiger partial charge in [-0.3, -0.25) is 13.8 Å². The second kappa shape index (κ2) is 35.5. The minimum atomic E-state index is -5.11. The lowest BCUT2D eigenvalue weighted by molar-refractivity contribution is -0.220. The number of carbonyl (C=O) groups excluding carboxylic acids is 1. The molecular weight excluding hydrogens is 777 g/mol. The van der Waals surface area contributed by atoms with Gasteiger partial charge in [-0.1, -0.05) is 174 Å². The van der Waals surface area contributed by atoms with Gasteiger partial charge in [0.1, 0.15) is 36.6 Å². The molecule has 1 aliphatic rings. The van der Waals surface area contributed by atoms with Crippen LogP contribution in [0.4, 0.5) is 0 Å². The molecule has 59 heavy (non-hydrogen) atoms. The van der Waals surface area contributed by atoms with Crippen molar-refractivity contribution in [2.75, 3.05) is 6.61 Å². The fraction of sp³-hybridized carbons (Fsp3) is 0.933. The maximum Gasteiger partial charge on any atom is 0.472 e. The number of carbonyl (C=O) groups is 1. The lowest BCUT2D eigenvalue weighted by Gasteiger charge is -2.41. The van der Waals surface area contributed by atoms with Gasteiger partial charge in [0.2, 0.25) is 5.91 Å². The van der Waals surface area contributed by atoms with E-state index in [0.29, 0.717) is 12.8 Å². The van der Waals surface area contributed by atoms with Crippen LogP contribution >= 0.6 is 7.82 Å². The number of rotatable bonds is 39. The summed E-state index contributed by atoms with van der Waals surface area (Å²) in [5.74, 6) is -0.568. The summed E-state index contributed by atoms with van der Waals surface area (Å²) >= 11 is 0. The molecule has 1 fully saturated rings. The van der Waals surface area contributed by atoms with Crippen LogP contribution in [0.5, 0.6) is 0 Å². The summed E-state index contributed by atoms with van der Waals surface area (Å²) in [6.45, 7) is 3.78. The van der Waals surface area contributed by atoms with Gasteiger partial charge in [-0.05, 0) is 38.5 Å². The molecule has 0 aliphatic heterocycles. The molecule has 14 heteroatoms. The van der Waals surface area contributed by atoms with Crippen LogP contribution in [0.15, 0.2) is 12.2 Å². The summed E-state index contributed by atoms with van der Waals surface area (Å²) in [5.41, 5.74) is 0. The second-order valence-corrected chi connectivity index (χ2v) is 18.6. The zero-order chi connectivity index (χ0) is 43.7. The minimum absolute atomic E-state index is 0.230. The maximum absolute atomic E-state index is 13.0. The summed E-state index contributed by atoms with van der Waals surface area (Å²) < 4.78 is 22.9. The first-order valence-electron chi connectivity index (χ1n) is 23.7. The van der Waals surface area contributed by atoms with Gasteiger partial charge in [0.15, 0.2) is 0 Å². The number of aliphatic hydroxyl groups is 7. The predicted octanol–water partition coefficient (Wildman–Crippen LogP) is 7.81. The molecule has 0 radical (unpaired) electrons. The Kier molecular flexibility index (Phi) is 33.7. The van der Waals surface area contributed by atoms with Crippen molar-refractivity contribution in [2.45, 2.75) is 261 Å². The van der Waals surface area contributed by atoms with E-state index in [1.165, 1.54) is 109 Å². The first-order chi connectivity index (χ1) is 28.3. The van der Waals surface area contributed by atoms with E-state index in [4.69, 9.17) is 9.05 Å². The van der Waals surface area contributed by atoms with Crippen LogP contribution in [-0.2, 0) is 18.4 Å². The van der Waals surface area contributed by atoms with Crippen molar-refractivity contribution in [1.82, 2.24) is 5.32 Å². The molecule has 0 aromatic carbocycles. The molecule has 0 bridgehead atoms. The number of hydrogen-bond donors (Lipinski definition) is 9. The van der Waals surface area contributed by atoms with Gasteiger partial charge >= 0.3 is 7.82 Å². The number of allylic oxidation sites excluding steroid dienone is 2. The Hall–Kier alpha value is -0.960. The summed E-state index contributed by atoms with van der Waals surface area (Å²) in [7, 11) is -5.11. The zero-order valence-electron chi connectivity index (χ0n) is 36.9. The molecule has 350 valence electrons. The standard InChI is InChI=1S/C45H88NO12P/c1-3-5-7-9-11-13-15-17-18-19-21-22-24-26-28-30-32-36(47)34-39(49)46-37(38(48)33-31-29-27-25-23-20-16-14-12-10-8-6-4-2)35-57-59(55,56)58-45-43(53)41(51)40(50)42(52)44(45)54/h21-22,36-38,40-45,47-48,50-54H,3-20,23-35H2,1-2H3,(H,46,49)(H,55,56)/b22-21-. The average Bonchev–Trinajstić information content (AvgIpc) is 3.21. The Morgan fingerprint density at radius 1 is 0.576 bits per heavy atom. The molecule has 9 N–H and O–H groups in total. The summed E-state index contributed by atoms with van der Waals surface area (Å²) in [4.78, 5) is 23.4. The van der Waals surface area contributed by atoms with Crippen molar-refractivity contribution in [3.05, 3.63) is 12.2 Å². The number of aliphatic hydroxyl groups excluding tert-OH is 7. The van der Waals surface area contributed by atoms with Crippen molar-refractivity contribution in [2.24, 2.45) is 0 Å². The van der Waals surface area contributed by atoms with Gasteiger partial charge in [-0.2, -0.15) is 0 Å². The van der Waals surface area contributed by atoms with E-state index >= 15 is 0 Å². The minimum Gasteiger partial charge on any atom is -0.393 e. The molecule has 1 amide bonds. The molecule has 1 aliphatic carbocycles. The topological polar surface area (TPSA) is 226 Å². The average molecular weight is 866 g/mol. The van der Waals surface area contributed by atoms with Crippen molar-refractivity contribution in [3.63, 3.8) is 0 Å². The largest absolute Gasteiger partial charge is 0.472 e. The number of hydrogen-bond acceptors (Lipinski definition) is 11. The Morgan fingerprint density at radius 3 is 1.41 bits per heavy atom. The van der Waals surface area contributed by atoms with Crippen LogP contribution in [-0.4, -0.2) is 108 Å². The quantitative estimate of drug-likeness (QED) is 0.0164. The van der Waals surface area contributed by atoms with Crippen LogP contribution < -0.4 is 5.32 Å². The van der Waals surface area contributed by atoms with Crippen molar-refractivity contribution < 1.29 is 59.0 Å². The summed E-state index contributed by atoms with van der Waals surface area (Å²) in [6, 6.07) is -1.15. The van der Waals surface area contributed by atoms with Gasteiger partial charge in [-0.25, -0.2) is 4.57 Å². The highest BCUT2D eigenvalue weighted by molar-refractivity contribution is 7.47. The SMILES string of the molecule is CCCCCCCCCCC/C=C\CCCCCC(O)CC(=O)NC(COP(=O)(O)OC1C(O)C(O)C(O)C(O)C1O)C(O)CCCCCCCCCCCCCCC. The van der Waals surface area contributed by atoms with Gasteiger partial charge in [0, 0.05) is 0 Å². The monoisotopic (exact) mass is 866 g/mol. The van der Waals surface area contributed by atoms with Gasteiger partial charge in [0.25, 0.3) is 0 Å². The van der Waals surface area contributed by atoms with E-state index in [2.05, 4.69) is 31.3 Å². The number of phosphoric acid groups is 1. The highest BCUT2D eigenvalue weighted by atomic mass is 31.2. The molecule has 1 rings (SSSR count). The molecular formula is C45H88NO12P. The number of amides is 1. The van der Waals surface area contributed by atoms with E-state index in [1.807, 2.05) is 0 Å². The molecule has 1 saturated carbocycles. The van der Waals surface area contributed by atoms with E-state index < -0.39 is 75.2 Å². The third-order valence-electron chi connectivity index (χ3n) is 11.6. The van der Waals surface area contributed by atoms with E-state index in [-0.39, 0.29) is 12.8 Å². The highest BCUT2D eigenvalue weighted by Crippen LogP contribution is 2.47. The second-order valence-electron chi connectivity index (χ2n) is 17.1. The Bertz CT molecular complexity index is 1070. The Morgan fingerprint density at radius 2 is 0.949 bits per heavy atom. The number of nitrogens with one attached hydrogen (secondary N) is 1. The maximum atomic E-state index is 13.0. The first-order valence-corrected chi connectivity index (χ1v) is 25.2. The zero-order valence-corrected chi connectivity index (χ0v) is 37.8. The third-order valence-corrected chi connectivity index (χ3v) is 12.6. The van der Waals surface area contributed by atoms with Crippen molar-refractivity contribution in [3.8, 4) is 0 Å². The van der Waals surface area contributed by atoms with Crippen LogP contribution in [0.1, 0.15) is 206 Å². The fourth-order valence-corrected chi connectivity index (χ4v) is 8.68. The molecule has 0 aromatic heterocycles. The summed E-state index contributed by atoms with van der Waals surface area (Å²) in [5, 5.41) is 74.6. The van der Waals surface area contributed by atoms with Crippen LogP contribution in [0.3, 0.4) is 0 Å². The summed E-state index contributed by atoms with van der Waals surface area (Å²) in [6.07, 6.45) is 22.6. The first kappa shape index (κ1) is 56.1. The normalized spacial score (nSPS) is 23.6. The van der Waals surface area contributed by atoms with Crippen LogP contribution in [0, 0.1) is 0 Å². The Balaban J connectivity index is 2.52. The van der Waals surface area contributed by atoms with Crippen molar-refractivity contribution >= 4 is 13.7 Å². The van der Waals surface area contributed by atoms with Crippen LogP contribution in [0.25, 0.3) is 0 Å². The number of unbranched alkanes of at least 4 members (excludes halogenated alkanes) is 24. The van der Waals surface area contributed by atoms with Gasteiger partial charge in [0.05, 0.1) is 31.3 Å². The molecule has 0 aromatic rings.